The van der Waals surface area contributed by atoms with Gasteiger partial charge in [0.25, 0.3) is 0 Å². The summed E-state index contributed by atoms with van der Waals surface area (Å²) in [4.78, 5) is 28.1. The van der Waals surface area contributed by atoms with Crippen molar-refractivity contribution in [2.45, 2.75) is 38.1 Å². The molecule has 1 atom stereocenters. The zero-order valence-electron chi connectivity index (χ0n) is 14.5. The minimum absolute atomic E-state index is 0.0455. The van der Waals surface area contributed by atoms with E-state index in [0.29, 0.717) is 19.5 Å². The van der Waals surface area contributed by atoms with Gasteiger partial charge in [-0.1, -0.05) is 12.1 Å². The van der Waals surface area contributed by atoms with Gasteiger partial charge in [0.15, 0.2) is 0 Å². The second kappa shape index (κ2) is 8.43. The summed E-state index contributed by atoms with van der Waals surface area (Å²) in [6.45, 7) is 3.26. The van der Waals surface area contributed by atoms with Crippen LogP contribution in [0.1, 0.15) is 43.7 Å². The molecule has 2 amide bonds. The Morgan fingerprint density at radius 2 is 1.76 bits per heavy atom. The number of likely N-dealkylation sites (tertiary alicyclic amines) is 2. The van der Waals surface area contributed by atoms with Gasteiger partial charge in [-0.25, -0.2) is 4.39 Å². The van der Waals surface area contributed by atoms with E-state index < -0.39 is 0 Å². The summed E-state index contributed by atoms with van der Waals surface area (Å²) >= 11 is 0. The summed E-state index contributed by atoms with van der Waals surface area (Å²) in [5.74, 6) is -0.311. The van der Waals surface area contributed by atoms with Gasteiger partial charge in [0.2, 0.25) is 11.8 Å². The highest BCUT2D eigenvalue weighted by molar-refractivity contribution is 5.85. The highest BCUT2D eigenvalue weighted by atomic mass is 19.1. The topological polar surface area (TPSA) is 52.7 Å². The van der Waals surface area contributed by atoms with Crippen molar-refractivity contribution in [2.24, 2.45) is 0 Å². The summed E-state index contributed by atoms with van der Waals surface area (Å²) in [5.41, 5.74) is 1.01. The van der Waals surface area contributed by atoms with Gasteiger partial charge in [-0.2, -0.15) is 0 Å². The molecule has 0 saturated carbocycles. The number of carbonyl (C=O) groups excluding carboxylic acids is 2. The molecule has 2 fully saturated rings. The van der Waals surface area contributed by atoms with Crippen molar-refractivity contribution < 1.29 is 14.0 Å². The smallest absolute Gasteiger partial charge is 0.239 e. The van der Waals surface area contributed by atoms with Crippen LogP contribution in [0.5, 0.6) is 0 Å². The maximum atomic E-state index is 13.2. The number of hydrogen-bond donors (Lipinski definition) is 1. The molecule has 3 rings (SSSR count). The zero-order chi connectivity index (χ0) is 17.6. The van der Waals surface area contributed by atoms with Gasteiger partial charge >= 0.3 is 0 Å². The number of nitrogens with one attached hydrogen (secondary N) is 1. The van der Waals surface area contributed by atoms with E-state index in [4.69, 9.17) is 0 Å². The molecule has 0 aromatic heterocycles. The quantitative estimate of drug-likeness (QED) is 0.857. The molecule has 6 heteroatoms. The van der Waals surface area contributed by atoms with E-state index in [1.807, 2.05) is 0 Å². The van der Waals surface area contributed by atoms with Crippen molar-refractivity contribution in [1.82, 2.24) is 15.1 Å². The fourth-order valence-corrected chi connectivity index (χ4v) is 3.66. The monoisotopic (exact) mass is 347 g/mol. The van der Waals surface area contributed by atoms with E-state index in [-0.39, 0.29) is 30.2 Å². The molecule has 2 aliphatic rings. The van der Waals surface area contributed by atoms with Crippen molar-refractivity contribution >= 4 is 11.8 Å². The molecule has 25 heavy (non-hydrogen) atoms. The van der Waals surface area contributed by atoms with E-state index in [9.17, 15) is 14.0 Å². The Morgan fingerprint density at radius 3 is 2.44 bits per heavy atom. The van der Waals surface area contributed by atoms with E-state index in [1.54, 1.807) is 17.0 Å². The summed E-state index contributed by atoms with van der Waals surface area (Å²) in [7, 11) is 0. The Labute approximate surface area is 148 Å². The lowest BCUT2D eigenvalue weighted by molar-refractivity contribution is -0.137. The molecule has 0 spiro atoms. The molecule has 1 unspecified atom stereocenters. The number of carbonyl (C=O) groups is 2. The molecule has 2 saturated heterocycles. The maximum absolute atomic E-state index is 13.2. The van der Waals surface area contributed by atoms with Crippen LogP contribution in [0, 0.1) is 5.82 Å². The van der Waals surface area contributed by atoms with E-state index in [1.165, 1.54) is 12.1 Å². The van der Waals surface area contributed by atoms with Crippen molar-refractivity contribution in [2.75, 3.05) is 32.7 Å². The minimum Gasteiger partial charge on any atom is -0.353 e. The zero-order valence-corrected chi connectivity index (χ0v) is 14.5. The second-order valence-corrected chi connectivity index (χ2v) is 6.89. The van der Waals surface area contributed by atoms with Gasteiger partial charge in [-0.05, 0) is 56.5 Å². The molecule has 1 aromatic carbocycles. The predicted molar refractivity (Wildman–Crippen MR) is 93.4 cm³/mol. The van der Waals surface area contributed by atoms with Crippen molar-refractivity contribution in [1.29, 1.82) is 0 Å². The molecule has 0 radical (unpaired) electrons. The molecule has 1 N–H and O–H groups in total. The average molecular weight is 347 g/mol. The number of hydrogen-bond acceptors (Lipinski definition) is 3. The lowest BCUT2D eigenvalue weighted by Gasteiger charge is -2.29. The molecular formula is C19H26FN3O2. The third-order valence-electron chi connectivity index (χ3n) is 5.08. The predicted octanol–water partition coefficient (Wildman–Crippen LogP) is 2.09. The number of halogens is 1. The number of rotatable bonds is 6. The highest BCUT2D eigenvalue weighted by Crippen LogP contribution is 2.24. The summed E-state index contributed by atoms with van der Waals surface area (Å²) in [6.07, 6.45) is 4.71. The van der Waals surface area contributed by atoms with Gasteiger partial charge in [0.05, 0.1) is 12.6 Å². The molecule has 2 aliphatic heterocycles. The van der Waals surface area contributed by atoms with Crippen LogP contribution < -0.4 is 5.32 Å². The highest BCUT2D eigenvalue weighted by Gasteiger charge is 2.25. The third kappa shape index (κ3) is 4.78. The first kappa shape index (κ1) is 17.9. The number of piperidine rings is 1. The van der Waals surface area contributed by atoms with Crippen LogP contribution in [-0.2, 0) is 9.59 Å². The fraction of sp³-hybridized carbons (Fsp3) is 0.579. The molecule has 1 aromatic rings. The van der Waals surface area contributed by atoms with Crippen LogP contribution in [0.2, 0.25) is 0 Å². The van der Waals surface area contributed by atoms with Gasteiger partial charge in [0, 0.05) is 19.5 Å². The lowest BCUT2D eigenvalue weighted by Crippen LogP contribution is -2.45. The Morgan fingerprint density at radius 1 is 1.08 bits per heavy atom. The van der Waals surface area contributed by atoms with Crippen LogP contribution in [0.4, 0.5) is 4.39 Å². The van der Waals surface area contributed by atoms with Crippen LogP contribution >= 0.6 is 0 Å². The Kier molecular flexibility index (Phi) is 6.02. The Balaban J connectivity index is 1.59. The first-order valence-corrected chi connectivity index (χ1v) is 9.17. The van der Waals surface area contributed by atoms with E-state index >= 15 is 0 Å². The normalized spacial score (nSPS) is 19.9. The average Bonchev–Trinajstić information content (AvgIpc) is 3.13. The van der Waals surface area contributed by atoms with Crippen molar-refractivity contribution in [3.8, 4) is 0 Å². The molecule has 5 nitrogen and oxygen atoms in total. The first-order valence-electron chi connectivity index (χ1n) is 9.17. The van der Waals surface area contributed by atoms with Gasteiger partial charge in [-0.15, -0.1) is 0 Å². The van der Waals surface area contributed by atoms with Gasteiger partial charge in [-0.3, -0.25) is 14.5 Å². The number of nitrogens with zero attached hydrogens (tertiary/aromatic N) is 2. The van der Waals surface area contributed by atoms with Gasteiger partial charge in [0.1, 0.15) is 5.82 Å². The summed E-state index contributed by atoms with van der Waals surface area (Å²) in [6, 6.07) is 6.56. The lowest BCUT2D eigenvalue weighted by atomic mass is 10.1. The van der Waals surface area contributed by atoms with E-state index in [0.717, 1.165) is 44.3 Å². The number of amides is 2. The third-order valence-corrected chi connectivity index (χ3v) is 5.08. The Hall–Kier alpha value is -1.95. The van der Waals surface area contributed by atoms with E-state index in [2.05, 4.69) is 10.2 Å². The molecular weight excluding hydrogens is 321 g/mol. The Bertz CT molecular complexity index is 599. The van der Waals surface area contributed by atoms with Crippen molar-refractivity contribution in [3.05, 3.63) is 35.6 Å². The van der Waals surface area contributed by atoms with Crippen molar-refractivity contribution in [3.63, 3.8) is 0 Å². The molecule has 2 heterocycles. The van der Waals surface area contributed by atoms with Crippen LogP contribution in [0.3, 0.4) is 0 Å². The van der Waals surface area contributed by atoms with Crippen LogP contribution in [-0.4, -0.2) is 54.3 Å². The second-order valence-electron chi connectivity index (χ2n) is 6.89. The first-order chi connectivity index (χ1) is 12.1. The molecule has 136 valence electrons. The van der Waals surface area contributed by atoms with Gasteiger partial charge < -0.3 is 10.2 Å². The standard InChI is InChI=1S/C19H26FN3O2/c20-16-8-6-15(7-9-16)17(22-10-3-4-11-22)13-21-18(24)14-23-12-2-1-5-19(23)25/h6-9,17H,1-5,10-14H2,(H,21,24). The van der Waals surface area contributed by atoms with Crippen LogP contribution in [0.15, 0.2) is 24.3 Å². The summed E-state index contributed by atoms with van der Waals surface area (Å²) in [5, 5.41) is 2.97. The largest absolute Gasteiger partial charge is 0.353 e. The number of benzene rings is 1. The summed E-state index contributed by atoms with van der Waals surface area (Å²) < 4.78 is 13.2. The molecule has 0 bridgehead atoms. The minimum atomic E-state index is -0.253. The maximum Gasteiger partial charge on any atom is 0.239 e. The fourth-order valence-electron chi connectivity index (χ4n) is 3.66. The van der Waals surface area contributed by atoms with Crippen LogP contribution in [0.25, 0.3) is 0 Å². The molecule has 0 aliphatic carbocycles. The SMILES string of the molecule is O=C(CN1CCCCC1=O)NCC(c1ccc(F)cc1)N1CCCC1.